The van der Waals surface area contributed by atoms with E-state index in [9.17, 15) is 0 Å². The Bertz CT molecular complexity index is 157. The molecule has 0 aromatic rings. The smallest absolute Gasteiger partial charge is 0.300 e. The molecule has 0 aromatic heterocycles. The molecule has 0 aromatic carbocycles. The van der Waals surface area contributed by atoms with E-state index in [1.165, 1.54) is 25.7 Å². The highest BCUT2D eigenvalue weighted by atomic mass is 16.4. The van der Waals surface area contributed by atoms with Crippen molar-refractivity contribution in [1.29, 1.82) is 0 Å². The van der Waals surface area contributed by atoms with Gasteiger partial charge in [0, 0.05) is 6.92 Å². The van der Waals surface area contributed by atoms with E-state index in [-0.39, 0.29) is 0 Å². The number of rotatable bonds is 0. The molecule has 0 amide bonds. The number of carboxylic acid groups (broad SMARTS) is 1. The van der Waals surface area contributed by atoms with Crippen LogP contribution in [0.25, 0.3) is 0 Å². The summed E-state index contributed by atoms with van der Waals surface area (Å²) < 4.78 is 0. The molecule has 1 fully saturated rings. The molecule has 13 heavy (non-hydrogen) atoms. The second kappa shape index (κ2) is 5.25. The number of carbonyl (C=O) groups is 1. The maximum atomic E-state index is 9.00. The van der Waals surface area contributed by atoms with Crippen LogP contribution >= 0.6 is 0 Å². The first-order valence-corrected chi connectivity index (χ1v) is 5.06. The number of hydrogen-bond donors (Lipinski definition) is 1. The van der Waals surface area contributed by atoms with Gasteiger partial charge in [-0.1, -0.05) is 40.0 Å². The first-order chi connectivity index (χ1) is 5.86. The zero-order valence-electron chi connectivity index (χ0n) is 9.26. The maximum Gasteiger partial charge on any atom is 0.300 e. The van der Waals surface area contributed by atoms with Gasteiger partial charge in [-0.2, -0.15) is 0 Å². The lowest BCUT2D eigenvalue weighted by molar-refractivity contribution is -0.134. The van der Waals surface area contributed by atoms with Crippen LogP contribution in [0.15, 0.2) is 0 Å². The van der Waals surface area contributed by atoms with Gasteiger partial charge in [-0.05, 0) is 17.8 Å². The molecular weight excluding hydrogens is 164 g/mol. The van der Waals surface area contributed by atoms with Crippen molar-refractivity contribution in [2.24, 2.45) is 11.3 Å². The zero-order chi connectivity index (χ0) is 10.5. The standard InChI is InChI=1S/C9H18.C2H4O2/c1-8-6-4-5-7-9(8,2)3;1-2(3)4/h8H,4-7H2,1-3H3;1H3,(H,3,4). The normalized spacial score (nSPS) is 25.7. The summed E-state index contributed by atoms with van der Waals surface area (Å²) in [4.78, 5) is 9.00. The summed E-state index contributed by atoms with van der Waals surface area (Å²) in [5.41, 5.74) is 0.637. The fourth-order valence-electron chi connectivity index (χ4n) is 1.67. The van der Waals surface area contributed by atoms with Crippen molar-refractivity contribution in [3.8, 4) is 0 Å². The Morgan fingerprint density at radius 2 is 1.85 bits per heavy atom. The Labute approximate surface area is 81.3 Å². The van der Waals surface area contributed by atoms with Crippen molar-refractivity contribution in [2.75, 3.05) is 0 Å². The third kappa shape index (κ3) is 5.67. The SMILES string of the molecule is CC(=O)O.CC1CCCCC1(C)C. The lowest BCUT2D eigenvalue weighted by Gasteiger charge is -2.36. The van der Waals surface area contributed by atoms with E-state index in [0.29, 0.717) is 5.41 Å². The Morgan fingerprint density at radius 3 is 2.08 bits per heavy atom. The Hall–Kier alpha value is -0.530. The molecule has 78 valence electrons. The molecule has 2 heteroatoms. The second-order valence-corrected chi connectivity index (χ2v) is 4.65. The minimum atomic E-state index is -0.833. The van der Waals surface area contributed by atoms with Gasteiger partial charge in [0.05, 0.1) is 0 Å². The van der Waals surface area contributed by atoms with Crippen LogP contribution in [-0.2, 0) is 4.79 Å². The minimum Gasteiger partial charge on any atom is -0.481 e. The lowest BCUT2D eigenvalue weighted by atomic mass is 9.70. The summed E-state index contributed by atoms with van der Waals surface area (Å²) in [6, 6.07) is 0. The first kappa shape index (κ1) is 12.5. The highest BCUT2D eigenvalue weighted by molar-refractivity contribution is 5.62. The number of aliphatic carboxylic acids is 1. The second-order valence-electron chi connectivity index (χ2n) is 4.65. The van der Waals surface area contributed by atoms with Crippen LogP contribution in [0, 0.1) is 11.3 Å². The van der Waals surface area contributed by atoms with Crippen LogP contribution in [0.3, 0.4) is 0 Å². The van der Waals surface area contributed by atoms with Gasteiger partial charge in [0.15, 0.2) is 0 Å². The largest absolute Gasteiger partial charge is 0.481 e. The van der Waals surface area contributed by atoms with Gasteiger partial charge in [-0.25, -0.2) is 0 Å². The highest BCUT2D eigenvalue weighted by Gasteiger charge is 2.27. The average Bonchev–Trinajstić information content (AvgIpc) is 1.94. The van der Waals surface area contributed by atoms with Gasteiger partial charge in [-0.15, -0.1) is 0 Å². The summed E-state index contributed by atoms with van der Waals surface area (Å²) in [6.45, 7) is 8.27. The van der Waals surface area contributed by atoms with Crippen molar-refractivity contribution in [1.82, 2.24) is 0 Å². The van der Waals surface area contributed by atoms with Crippen LogP contribution in [-0.4, -0.2) is 11.1 Å². The molecule has 1 N–H and O–H groups in total. The molecule has 1 rings (SSSR count). The number of hydrogen-bond acceptors (Lipinski definition) is 1. The molecule has 0 saturated heterocycles. The highest BCUT2D eigenvalue weighted by Crippen LogP contribution is 2.39. The molecule has 1 aliphatic rings. The van der Waals surface area contributed by atoms with Crippen LogP contribution in [0.4, 0.5) is 0 Å². The first-order valence-electron chi connectivity index (χ1n) is 5.06. The van der Waals surface area contributed by atoms with Gasteiger partial charge >= 0.3 is 0 Å². The summed E-state index contributed by atoms with van der Waals surface area (Å²) in [6.07, 6.45) is 5.81. The molecule has 1 saturated carbocycles. The maximum absolute atomic E-state index is 9.00. The van der Waals surface area contributed by atoms with E-state index >= 15 is 0 Å². The zero-order valence-corrected chi connectivity index (χ0v) is 9.26. The molecule has 0 radical (unpaired) electrons. The summed E-state index contributed by atoms with van der Waals surface area (Å²) in [7, 11) is 0. The topological polar surface area (TPSA) is 37.3 Å². The Balaban J connectivity index is 0.000000310. The average molecular weight is 186 g/mol. The van der Waals surface area contributed by atoms with E-state index in [1.54, 1.807) is 0 Å². The molecule has 1 unspecified atom stereocenters. The van der Waals surface area contributed by atoms with Gasteiger partial charge in [0.1, 0.15) is 0 Å². The third-order valence-electron chi connectivity index (χ3n) is 3.04. The van der Waals surface area contributed by atoms with E-state index in [2.05, 4.69) is 20.8 Å². The van der Waals surface area contributed by atoms with Crippen LogP contribution < -0.4 is 0 Å². The van der Waals surface area contributed by atoms with Crippen molar-refractivity contribution in [2.45, 2.75) is 53.4 Å². The summed E-state index contributed by atoms with van der Waals surface area (Å²) in [5.74, 6) is 0.117. The summed E-state index contributed by atoms with van der Waals surface area (Å²) >= 11 is 0. The van der Waals surface area contributed by atoms with Crippen LogP contribution in [0.2, 0.25) is 0 Å². The quantitative estimate of drug-likeness (QED) is 0.630. The van der Waals surface area contributed by atoms with E-state index in [0.717, 1.165) is 12.8 Å². The minimum absolute atomic E-state index is 0.637. The Morgan fingerprint density at radius 1 is 1.38 bits per heavy atom. The fourth-order valence-corrected chi connectivity index (χ4v) is 1.67. The molecule has 1 aliphatic carbocycles. The van der Waals surface area contributed by atoms with E-state index < -0.39 is 5.97 Å². The van der Waals surface area contributed by atoms with E-state index in [1.807, 2.05) is 0 Å². The van der Waals surface area contributed by atoms with Crippen molar-refractivity contribution < 1.29 is 9.90 Å². The van der Waals surface area contributed by atoms with Crippen LogP contribution in [0.5, 0.6) is 0 Å². The van der Waals surface area contributed by atoms with Crippen molar-refractivity contribution >= 4 is 5.97 Å². The van der Waals surface area contributed by atoms with Crippen LogP contribution in [0.1, 0.15) is 53.4 Å². The van der Waals surface area contributed by atoms with Gasteiger partial charge < -0.3 is 5.11 Å². The number of carboxylic acids is 1. The fraction of sp³-hybridized carbons (Fsp3) is 0.909. The monoisotopic (exact) mass is 186 g/mol. The van der Waals surface area contributed by atoms with Crippen molar-refractivity contribution in [3.05, 3.63) is 0 Å². The summed E-state index contributed by atoms with van der Waals surface area (Å²) in [5, 5.41) is 7.42. The van der Waals surface area contributed by atoms with Gasteiger partial charge in [-0.3, -0.25) is 4.79 Å². The van der Waals surface area contributed by atoms with E-state index in [4.69, 9.17) is 9.90 Å². The molecule has 1 atom stereocenters. The molecule has 0 heterocycles. The molecule has 2 nitrogen and oxygen atoms in total. The predicted molar refractivity (Wildman–Crippen MR) is 54.7 cm³/mol. The van der Waals surface area contributed by atoms with Crippen molar-refractivity contribution in [3.63, 3.8) is 0 Å². The predicted octanol–water partition coefficient (Wildman–Crippen LogP) is 3.31. The molecule has 0 aliphatic heterocycles. The third-order valence-corrected chi connectivity index (χ3v) is 3.04. The lowest BCUT2D eigenvalue weighted by Crippen LogP contribution is -2.24. The molecular formula is C11H22O2. The van der Waals surface area contributed by atoms with Gasteiger partial charge in [0.25, 0.3) is 5.97 Å². The Kier molecular flexibility index (Phi) is 5.04. The molecule has 0 spiro atoms. The van der Waals surface area contributed by atoms with Gasteiger partial charge in [0.2, 0.25) is 0 Å². The molecule has 0 bridgehead atoms.